The maximum absolute atomic E-state index is 5.62. The van der Waals surface area contributed by atoms with Crippen molar-refractivity contribution in [2.75, 3.05) is 33.2 Å². The highest BCUT2D eigenvalue weighted by Gasteiger charge is 2.18. The molecule has 1 unspecified atom stereocenters. The largest absolute Gasteiger partial charge is 0.311 e. The minimum absolute atomic E-state index is 0.696. The van der Waals surface area contributed by atoms with Gasteiger partial charge in [0.2, 0.25) is 0 Å². The number of nitrogens with one attached hydrogen (secondary N) is 1. The van der Waals surface area contributed by atoms with Crippen LogP contribution >= 0.6 is 11.6 Å². The van der Waals surface area contributed by atoms with Crippen molar-refractivity contribution in [1.82, 2.24) is 10.2 Å². The molecule has 1 N–H and O–H groups in total. The standard InChI is InChI=1S/C9H17ClN2/c1-8(10)5-11-6-9-3-4-12(2)7-9/h9,11H,1,3-7H2,2H3. The molecule has 0 radical (unpaired) electrons. The lowest BCUT2D eigenvalue weighted by atomic mass is 10.1. The molecule has 0 spiro atoms. The minimum atomic E-state index is 0.696. The summed E-state index contributed by atoms with van der Waals surface area (Å²) in [6, 6.07) is 0. The summed E-state index contributed by atoms with van der Waals surface area (Å²) in [4.78, 5) is 2.36. The van der Waals surface area contributed by atoms with E-state index in [4.69, 9.17) is 11.6 Å². The SMILES string of the molecule is C=C(Cl)CNCC1CCN(C)C1. The van der Waals surface area contributed by atoms with E-state index >= 15 is 0 Å². The molecule has 12 heavy (non-hydrogen) atoms. The molecule has 70 valence electrons. The molecule has 1 rings (SSSR count). The van der Waals surface area contributed by atoms with Crippen LogP contribution in [0.4, 0.5) is 0 Å². The minimum Gasteiger partial charge on any atom is -0.311 e. The smallest absolute Gasteiger partial charge is 0.0307 e. The summed E-state index contributed by atoms with van der Waals surface area (Å²) in [5.74, 6) is 0.797. The third-order valence-electron chi connectivity index (χ3n) is 2.24. The van der Waals surface area contributed by atoms with Gasteiger partial charge in [0, 0.05) is 18.1 Å². The molecule has 2 nitrogen and oxygen atoms in total. The lowest BCUT2D eigenvalue weighted by molar-refractivity contribution is 0.390. The van der Waals surface area contributed by atoms with Crippen LogP contribution in [0.15, 0.2) is 11.6 Å². The summed E-state index contributed by atoms with van der Waals surface area (Å²) in [6.07, 6.45) is 1.30. The zero-order valence-corrected chi connectivity index (χ0v) is 8.40. The van der Waals surface area contributed by atoms with Crippen LogP contribution in [0.3, 0.4) is 0 Å². The van der Waals surface area contributed by atoms with Gasteiger partial charge < -0.3 is 10.2 Å². The summed E-state index contributed by atoms with van der Waals surface area (Å²) >= 11 is 5.62. The molecule has 3 heteroatoms. The zero-order valence-electron chi connectivity index (χ0n) is 7.65. The molecule has 0 aliphatic carbocycles. The maximum Gasteiger partial charge on any atom is 0.0307 e. The van der Waals surface area contributed by atoms with Crippen molar-refractivity contribution >= 4 is 11.6 Å². The van der Waals surface area contributed by atoms with Gasteiger partial charge in [-0.15, -0.1) is 0 Å². The first-order valence-electron chi connectivity index (χ1n) is 4.41. The lowest BCUT2D eigenvalue weighted by Crippen LogP contribution is -2.25. The Hall–Kier alpha value is -0.0500. The van der Waals surface area contributed by atoms with E-state index in [0.717, 1.165) is 19.0 Å². The zero-order chi connectivity index (χ0) is 8.97. The van der Waals surface area contributed by atoms with Gasteiger partial charge in [-0.3, -0.25) is 0 Å². The van der Waals surface area contributed by atoms with Crippen LogP contribution in [0, 0.1) is 5.92 Å². The molecular weight excluding hydrogens is 172 g/mol. The fourth-order valence-corrected chi connectivity index (χ4v) is 1.70. The number of hydrogen-bond acceptors (Lipinski definition) is 2. The fraction of sp³-hybridized carbons (Fsp3) is 0.778. The third kappa shape index (κ3) is 3.57. The molecular formula is C9H17ClN2. The second kappa shape index (κ2) is 4.85. The normalized spacial score (nSPS) is 24.7. The van der Waals surface area contributed by atoms with E-state index in [1.165, 1.54) is 19.5 Å². The van der Waals surface area contributed by atoms with Gasteiger partial charge >= 0.3 is 0 Å². The predicted molar refractivity (Wildman–Crippen MR) is 53.5 cm³/mol. The molecule has 0 bridgehead atoms. The predicted octanol–water partition coefficient (Wildman–Crippen LogP) is 1.28. The third-order valence-corrected chi connectivity index (χ3v) is 2.37. The number of likely N-dealkylation sites (tertiary alicyclic amines) is 1. The quantitative estimate of drug-likeness (QED) is 0.715. The Morgan fingerprint density at radius 2 is 2.50 bits per heavy atom. The fourth-order valence-electron chi connectivity index (χ4n) is 1.60. The van der Waals surface area contributed by atoms with Gasteiger partial charge in [-0.1, -0.05) is 18.2 Å². The van der Waals surface area contributed by atoms with Crippen LogP contribution in [-0.4, -0.2) is 38.1 Å². The van der Waals surface area contributed by atoms with E-state index < -0.39 is 0 Å². The lowest BCUT2D eigenvalue weighted by Gasteiger charge is -2.10. The van der Waals surface area contributed by atoms with Crippen LogP contribution in [0.25, 0.3) is 0 Å². The molecule has 1 saturated heterocycles. The van der Waals surface area contributed by atoms with Crippen molar-refractivity contribution in [3.05, 3.63) is 11.6 Å². The van der Waals surface area contributed by atoms with E-state index in [1.54, 1.807) is 0 Å². The van der Waals surface area contributed by atoms with Crippen molar-refractivity contribution in [2.24, 2.45) is 5.92 Å². The Bertz CT molecular complexity index is 159. The summed E-state index contributed by atoms with van der Waals surface area (Å²) in [7, 11) is 2.17. The van der Waals surface area contributed by atoms with Crippen LogP contribution in [0.1, 0.15) is 6.42 Å². The molecule has 0 amide bonds. The van der Waals surface area contributed by atoms with Crippen molar-refractivity contribution < 1.29 is 0 Å². The van der Waals surface area contributed by atoms with Gasteiger partial charge in [0.15, 0.2) is 0 Å². The van der Waals surface area contributed by atoms with Gasteiger partial charge in [-0.25, -0.2) is 0 Å². The summed E-state index contributed by atoms with van der Waals surface area (Å²) in [5.41, 5.74) is 0. The Morgan fingerprint density at radius 3 is 3.00 bits per heavy atom. The first kappa shape index (κ1) is 10.0. The van der Waals surface area contributed by atoms with Gasteiger partial charge in [-0.05, 0) is 32.5 Å². The summed E-state index contributed by atoms with van der Waals surface area (Å²) in [6.45, 7) is 7.87. The van der Waals surface area contributed by atoms with Crippen molar-refractivity contribution in [2.45, 2.75) is 6.42 Å². The van der Waals surface area contributed by atoms with Crippen molar-refractivity contribution in [1.29, 1.82) is 0 Å². The molecule has 1 atom stereocenters. The van der Waals surface area contributed by atoms with Crippen LogP contribution in [-0.2, 0) is 0 Å². The molecule has 1 fully saturated rings. The average Bonchev–Trinajstić information content (AvgIpc) is 2.35. The van der Waals surface area contributed by atoms with E-state index in [0.29, 0.717) is 5.03 Å². The van der Waals surface area contributed by atoms with Crippen LogP contribution in [0.2, 0.25) is 0 Å². The van der Waals surface area contributed by atoms with Gasteiger partial charge in [0.25, 0.3) is 0 Å². The van der Waals surface area contributed by atoms with Crippen molar-refractivity contribution in [3.63, 3.8) is 0 Å². The monoisotopic (exact) mass is 188 g/mol. The number of hydrogen-bond donors (Lipinski definition) is 1. The Kier molecular flexibility index (Phi) is 4.06. The van der Waals surface area contributed by atoms with Gasteiger partial charge in [0.1, 0.15) is 0 Å². The Balaban J connectivity index is 2.04. The molecule has 1 aliphatic rings. The first-order chi connectivity index (χ1) is 5.68. The Morgan fingerprint density at radius 1 is 1.75 bits per heavy atom. The van der Waals surface area contributed by atoms with E-state index in [-0.39, 0.29) is 0 Å². The second-order valence-electron chi connectivity index (χ2n) is 3.57. The molecule has 1 aliphatic heterocycles. The number of halogens is 1. The van der Waals surface area contributed by atoms with Gasteiger partial charge in [-0.2, -0.15) is 0 Å². The highest BCUT2D eigenvalue weighted by molar-refractivity contribution is 6.29. The molecule has 0 aromatic heterocycles. The van der Waals surface area contributed by atoms with E-state index in [9.17, 15) is 0 Å². The first-order valence-corrected chi connectivity index (χ1v) is 4.79. The highest BCUT2D eigenvalue weighted by atomic mass is 35.5. The van der Waals surface area contributed by atoms with E-state index in [2.05, 4.69) is 23.8 Å². The molecule has 0 aromatic rings. The van der Waals surface area contributed by atoms with E-state index in [1.807, 2.05) is 0 Å². The van der Waals surface area contributed by atoms with Gasteiger partial charge in [0.05, 0.1) is 0 Å². The van der Waals surface area contributed by atoms with Crippen LogP contribution < -0.4 is 5.32 Å². The maximum atomic E-state index is 5.62. The van der Waals surface area contributed by atoms with Crippen LogP contribution in [0.5, 0.6) is 0 Å². The average molecular weight is 189 g/mol. The molecule has 0 aromatic carbocycles. The summed E-state index contributed by atoms with van der Waals surface area (Å²) < 4.78 is 0. The second-order valence-corrected chi connectivity index (χ2v) is 4.10. The highest BCUT2D eigenvalue weighted by Crippen LogP contribution is 2.12. The molecule has 0 saturated carbocycles. The van der Waals surface area contributed by atoms with Crippen molar-refractivity contribution in [3.8, 4) is 0 Å². The number of nitrogens with zero attached hydrogens (tertiary/aromatic N) is 1. The Labute approximate surface area is 79.6 Å². The molecule has 1 heterocycles. The topological polar surface area (TPSA) is 15.3 Å². The number of rotatable bonds is 4. The summed E-state index contributed by atoms with van der Waals surface area (Å²) in [5, 5.41) is 3.98.